The van der Waals surface area contributed by atoms with Crippen LogP contribution in [-0.4, -0.2) is 25.9 Å². The maximum atomic E-state index is 12.3. The Morgan fingerprint density at radius 3 is 2.77 bits per heavy atom. The molecule has 0 saturated heterocycles. The lowest BCUT2D eigenvalue weighted by Crippen LogP contribution is -2.28. The molecule has 2 N–H and O–H groups in total. The molecule has 0 radical (unpaired) electrons. The summed E-state index contributed by atoms with van der Waals surface area (Å²) in [6.07, 6.45) is 2.27. The Morgan fingerprint density at radius 2 is 2.18 bits per heavy atom. The van der Waals surface area contributed by atoms with E-state index in [-0.39, 0.29) is 12.6 Å². The third kappa shape index (κ3) is 3.97. The monoisotopic (exact) mass is 309 g/mol. The minimum absolute atomic E-state index is 0.0187. The van der Waals surface area contributed by atoms with Crippen molar-refractivity contribution >= 4 is 5.97 Å². The number of nitrogens with two attached hydrogens (primary N) is 1. The minimum atomic E-state index is -0.537. The van der Waals surface area contributed by atoms with E-state index in [1.807, 2.05) is 18.2 Å². The molecule has 0 aromatic heterocycles. The van der Waals surface area contributed by atoms with E-state index in [2.05, 4.69) is 0 Å². The van der Waals surface area contributed by atoms with Crippen LogP contribution in [0.4, 0.5) is 4.39 Å². The molecule has 122 valence electrons. The number of benzene rings is 1. The maximum Gasteiger partial charge on any atom is 0.310 e. The SMILES string of the molecule is CCOC(=O)C(C)C(N)c1cc(OCCF)ccc1C1CC1. The molecule has 4 nitrogen and oxygen atoms in total. The van der Waals surface area contributed by atoms with Gasteiger partial charge < -0.3 is 15.2 Å². The van der Waals surface area contributed by atoms with Crippen molar-refractivity contribution in [3.05, 3.63) is 29.3 Å². The van der Waals surface area contributed by atoms with Gasteiger partial charge in [0.05, 0.1) is 12.5 Å². The lowest BCUT2D eigenvalue weighted by atomic mass is 9.90. The highest BCUT2D eigenvalue weighted by molar-refractivity contribution is 5.73. The summed E-state index contributed by atoms with van der Waals surface area (Å²) in [4.78, 5) is 11.9. The Morgan fingerprint density at radius 1 is 1.45 bits per heavy atom. The first-order valence-electron chi connectivity index (χ1n) is 7.83. The fourth-order valence-corrected chi connectivity index (χ4v) is 2.54. The molecule has 0 amide bonds. The highest BCUT2D eigenvalue weighted by Gasteiger charge is 2.31. The van der Waals surface area contributed by atoms with E-state index >= 15 is 0 Å². The van der Waals surface area contributed by atoms with Crippen molar-refractivity contribution in [2.45, 2.75) is 38.6 Å². The van der Waals surface area contributed by atoms with Crippen molar-refractivity contribution in [1.82, 2.24) is 0 Å². The van der Waals surface area contributed by atoms with Gasteiger partial charge >= 0.3 is 5.97 Å². The predicted molar refractivity (Wildman–Crippen MR) is 82.6 cm³/mol. The van der Waals surface area contributed by atoms with Crippen LogP contribution >= 0.6 is 0 Å². The van der Waals surface area contributed by atoms with Gasteiger partial charge in [-0.25, -0.2) is 4.39 Å². The van der Waals surface area contributed by atoms with E-state index in [1.165, 1.54) is 0 Å². The molecule has 2 unspecified atom stereocenters. The van der Waals surface area contributed by atoms with Crippen molar-refractivity contribution in [3.8, 4) is 5.75 Å². The number of carbonyl (C=O) groups excluding carboxylic acids is 1. The van der Waals surface area contributed by atoms with Crippen molar-refractivity contribution in [2.75, 3.05) is 19.9 Å². The molecular weight excluding hydrogens is 285 g/mol. The highest BCUT2D eigenvalue weighted by atomic mass is 19.1. The molecule has 2 rings (SSSR count). The second kappa shape index (κ2) is 7.58. The Balaban J connectivity index is 2.23. The van der Waals surface area contributed by atoms with Crippen LogP contribution in [0.15, 0.2) is 18.2 Å². The zero-order chi connectivity index (χ0) is 16.1. The van der Waals surface area contributed by atoms with Crippen LogP contribution in [0, 0.1) is 5.92 Å². The lowest BCUT2D eigenvalue weighted by molar-refractivity contribution is -0.148. The quantitative estimate of drug-likeness (QED) is 0.750. The summed E-state index contributed by atoms with van der Waals surface area (Å²) < 4.78 is 22.7. The molecule has 22 heavy (non-hydrogen) atoms. The summed E-state index contributed by atoms with van der Waals surface area (Å²) >= 11 is 0. The third-order valence-corrected chi connectivity index (χ3v) is 3.98. The first-order chi connectivity index (χ1) is 10.6. The van der Waals surface area contributed by atoms with Gasteiger partial charge in [0.1, 0.15) is 19.0 Å². The van der Waals surface area contributed by atoms with Gasteiger partial charge in [-0.3, -0.25) is 4.79 Å². The second-order valence-electron chi connectivity index (χ2n) is 5.67. The van der Waals surface area contributed by atoms with Crippen LogP contribution in [0.3, 0.4) is 0 Å². The normalized spacial score (nSPS) is 16.9. The zero-order valence-corrected chi connectivity index (χ0v) is 13.2. The number of esters is 1. The standard InChI is InChI=1S/C17H24FNO3/c1-3-21-17(20)11(2)16(19)15-10-13(22-9-8-18)6-7-14(15)12-4-5-12/h6-7,10-12,16H,3-5,8-9,19H2,1-2H3. The van der Waals surface area contributed by atoms with Gasteiger partial charge in [-0.1, -0.05) is 13.0 Å². The molecule has 0 aliphatic heterocycles. The van der Waals surface area contributed by atoms with Crippen LogP contribution in [0.25, 0.3) is 0 Å². The number of carbonyl (C=O) groups is 1. The minimum Gasteiger partial charge on any atom is -0.491 e. The molecule has 1 fully saturated rings. The molecule has 0 bridgehead atoms. The first-order valence-corrected chi connectivity index (χ1v) is 7.83. The summed E-state index contributed by atoms with van der Waals surface area (Å²) in [7, 11) is 0. The molecule has 0 spiro atoms. The van der Waals surface area contributed by atoms with Crippen molar-refractivity contribution in [3.63, 3.8) is 0 Å². The van der Waals surface area contributed by atoms with Crippen LogP contribution in [0.5, 0.6) is 5.75 Å². The molecule has 0 heterocycles. The Kier molecular flexibility index (Phi) is 5.77. The van der Waals surface area contributed by atoms with E-state index in [0.717, 1.165) is 24.0 Å². The van der Waals surface area contributed by atoms with E-state index in [1.54, 1.807) is 13.8 Å². The summed E-state index contributed by atoms with van der Waals surface area (Å²) in [5.41, 5.74) is 8.37. The fraction of sp³-hybridized carbons (Fsp3) is 0.588. The number of hydrogen-bond acceptors (Lipinski definition) is 4. The van der Waals surface area contributed by atoms with Crippen LogP contribution in [0.2, 0.25) is 0 Å². The smallest absolute Gasteiger partial charge is 0.310 e. The average molecular weight is 309 g/mol. The summed E-state index contributed by atoms with van der Waals surface area (Å²) in [5.74, 6) is 0.356. The van der Waals surface area contributed by atoms with E-state index in [4.69, 9.17) is 15.2 Å². The average Bonchev–Trinajstić information content (AvgIpc) is 3.36. The number of halogens is 1. The second-order valence-corrected chi connectivity index (χ2v) is 5.67. The number of hydrogen-bond donors (Lipinski definition) is 1. The van der Waals surface area contributed by atoms with E-state index in [0.29, 0.717) is 18.3 Å². The van der Waals surface area contributed by atoms with E-state index in [9.17, 15) is 9.18 Å². The van der Waals surface area contributed by atoms with Crippen molar-refractivity contribution < 1.29 is 18.7 Å². The third-order valence-electron chi connectivity index (χ3n) is 3.98. The molecule has 1 aliphatic rings. The van der Waals surface area contributed by atoms with Gasteiger partial charge in [-0.15, -0.1) is 0 Å². The molecule has 1 aliphatic carbocycles. The molecule has 2 atom stereocenters. The number of alkyl halides is 1. The van der Waals surface area contributed by atoms with Gasteiger partial charge in [-0.2, -0.15) is 0 Å². The maximum absolute atomic E-state index is 12.3. The van der Waals surface area contributed by atoms with Crippen molar-refractivity contribution in [2.24, 2.45) is 11.7 Å². The topological polar surface area (TPSA) is 61.5 Å². The van der Waals surface area contributed by atoms with Crippen LogP contribution in [0.1, 0.15) is 49.8 Å². The zero-order valence-electron chi connectivity index (χ0n) is 13.2. The summed E-state index contributed by atoms with van der Waals surface area (Å²) in [5, 5.41) is 0. The summed E-state index contributed by atoms with van der Waals surface area (Å²) in [6, 6.07) is 5.21. The van der Waals surface area contributed by atoms with Crippen LogP contribution in [-0.2, 0) is 9.53 Å². The van der Waals surface area contributed by atoms with Gasteiger partial charge in [0.2, 0.25) is 0 Å². The molecule has 1 aromatic rings. The van der Waals surface area contributed by atoms with Crippen molar-refractivity contribution in [1.29, 1.82) is 0 Å². The molecule has 1 aromatic carbocycles. The van der Waals surface area contributed by atoms with Gasteiger partial charge in [0.15, 0.2) is 0 Å². The van der Waals surface area contributed by atoms with Gasteiger partial charge in [-0.05, 0) is 48.9 Å². The van der Waals surface area contributed by atoms with E-state index < -0.39 is 18.6 Å². The Labute approximate surface area is 130 Å². The molecule has 5 heteroatoms. The predicted octanol–water partition coefficient (Wildman–Crippen LogP) is 3.11. The largest absolute Gasteiger partial charge is 0.491 e. The van der Waals surface area contributed by atoms with Gasteiger partial charge in [0, 0.05) is 6.04 Å². The fourth-order valence-electron chi connectivity index (χ4n) is 2.54. The molecular formula is C17H24FNO3. The lowest BCUT2D eigenvalue weighted by Gasteiger charge is -2.22. The highest BCUT2D eigenvalue weighted by Crippen LogP contribution is 2.44. The number of rotatable bonds is 8. The van der Waals surface area contributed by atoms with Crippen LogP contribution < -0.4 is 10.5 Å². The Hall–Kier alpha value is -1.62. The molecule has 1 saturated carbocycles. The number of ether oxygens (including phenoxy) is 2. The Bertz CT molecular complexity index is 517. The van der Waals surface area contributed by atoms with Gasteiger partial charge in [0.25, 0.3) is 0 Å². The summed E-state index contributed by atoms with van der Waals surface area (Å²) in [6.45, 7) is 3.37. The first kappa shape index (κ1) is 16.7.